The number of nitrogen functional groups attached to an aromatic ring is 2. The molecule has 5 N–H and O–H groups in total. The first-order valence-corrected chi connectivity index (χ1v) is 4.66. The van der Waals surface area contributed by atoms with Gasteiger partial charge in [0.15, 0.2) is 0 Å². The van der Waals surface area contributed by atoms with Gasteiger partial charge >= 0.3 is 0 Å². The topological polar surface area (TPSA) is 65.7 Å². The Balaban J connectivity index is 2.53. The van der Waals surface area contributed by atoms with Gasteiger partial charge in [-0.05, 0) is 12.1 Å². The highest BCUT2D eigenvalue weighted by Gasteiger charge is 2.01. The molecule has 0 fully saturated rings. The van der Waals surface area contributed by atoms with Crippen molar-refractivity contribution in [3.8, 4) is 5.75 Å². The number of ether oxygens (including phenoxy) is 1. The second-order valence-electron chi connectivity index (χ2n) is 3.60. The Hall–Kier alpha value is -1.42. The lowest BCUT2D eigenvalue weighted by molar-refractivity contribution is -0.858. The van der Waals surface area contributed by atoms with Gasteiger partial charge in [0.2, 0.25) is 0 Å². The fraction of sp³-hybridized carbons (Fsp3) is 0.400. The Morgan fingerprint density at radius 3 is 2.64 bits per heavy atom. The van der Waals surface area contributed by atoms with Crippen LogP contribution in [0.15, 0.2) is 18.2 Å². The lowest BCUT2D eigenvalue weighted by atomic mass is 10.2. The summed E-state index contributed by atoms with van der Waals surface area (Å²) in [6, 6.07) is 5.27. The smallest absolute Gasteiger partial charge is 0.144 e. The third-order valence-electron chi connectivity index (χ3n) is 1.90. The molecule has 0 aliphatic carbocycles. The lowest BCUT2D eigenvalue weighted by Gasteiger charge is -2.11. The standard InChI is InChI=1S/C10H17N3O/c1-13(2)5-6-14-10-7-8(11)3-4-9(10)12/h3-4,7H,5-6,11-12H2,1-2H3/p+1. The average molecular weight is 196 g/mol. The Labute approximate surface area is 84.4 Å². The summed E-state index contributed by atoms with van der Waals surface area (Å²) in [6.07, 6.45) is 0. The molecule has 0 bridgehead atoms. The molecular formula is C10H18N3O+. The quantitative estimate of drug-likeness (QED) is 0.562. The van der Waals surface area contributed by atoms with Crippen LogP contribution in [-0.2, 0) is 0 Å². The molecule has 0 amide bonds. The van der Waals surface area contributed by atoms with Gasteiger partial charge in [0.1, 0.15) is 18.9 Å². The van der Waals surface area contributed by atoms with Gasteiger partial charge in [-0.2, -0.15) is 0 Å². The van der Waals surface area contributed by atoms with E-state index in [1.165, 1.54) is 4.90 Å². The summed E-state index contributed by atoms with van der Waals surface area (Å²) in [5.74, 6) is 0.672. The largest absolute Gasteiger partial charge is 0.485 e. The van der Waals surface area contributed by atoms with Crippen LogP contribution in [0.1, 0.15) is 0 Å². The van der Waals surface area contributed by atoms with E-state index in [1.807, 2.05) is 0 Å². The summed E-state index contributed by atoms with van der Waals surface area (Å²) in [4.78, 5) is 1.34. The molecule has 1 aromatic rings. The predicted octanol–water partition coefficient (Wildman–Crippen LogP) is -0.626. The van der Waals surface area contributed by atoms with E-state index in [0.29, 0.717) is 23.7 Å². The molecule has 0 atom stereocenters. The number of hydrogen-bond acceptors (Lipinski definition) is 3. The van der Waals surface area contributed by atoms with Gasteiger partial charge in [-0.3, -0.25) is 0 Å². The number of quaternary nitrogens is 1. The van der Waals surface area contributed by atoms with Gasteiger partial charge in [0.05, 0.1) is 19.8 Å². The minimum atomic E-state index is 0.632. The number of rotatable bonds is 4. The fourth-order valence-corrected chi connectivity index (χ4v) is 1.04. The van der Waals surface area contributed by atoms with E-state index < -0.39 is 0 Å². The van der Waals surface area contributed by atoms with Crippen LogP contribution in [0.4, 0.5) is 11.4 Å². The van der Waals surface area contributed by atoms with Crippen LogP contribution < -0.4 is 21.1 Å². The second kappa shape index (κ2) is 4.72. The number of nitrogens with one attached hydrogen (secondary N) is 1. The molecule has 0 aliphatic rings. The summed E-state index contributed by atoms with van der Waals surface area (Å²) < 4.78 is 5.50. The second-order valence-corrected chi connectivity index (χ2v) is 3.60. The maximum atomic E-state index is 5.72. The van der Waals surface area contributed by atoms with Crippen LogP contribution in [0.3, 0.4) is 0 Å². The van der Waals surface area contributed by atoms with Crippen molar-refractivity contribution in [2.24, 2.45) is 0 Å². The van der Waals surface area contributed by atoms with Gasteiger partial charge in [-0.1, -0.05) is 0 Å². The van der Waals surface area contributed by atoms with Gasteiger partial charge in [0, 0.05) is 11.8 Å². The van der Waals surface area contributed by atoms with Crippen molar-refractivity contribution in [2.75, 3.05) is 38.7 Å². The van der Waals surface area contributed by atoms with E-state index in [4.69, 9.17) is 16.2 Å². The lowest BCUT2D eigenvalue weighted by Crippen LogP contribution is -3.06. The van der Waals surface area contributed by atoms with Crippen molar-refractivity contribution in [1.82, 2.24) is 0 Å². The molecular weight excluding hydrogens is 178 g/mol. The van der Waals surface area contributed by atoms with Crippen molar-refractivity contribution in [3.05, 3.63) is 18.2 Å². The molecule has 0 radical (unpaired) electrons. The fourth-order valence-electron chi connectivity index (χ4n) is 1.04. The van der Waals surface area contributed by atoms with Crippen LogP contribution in [0.2, 0.25) is 0 Å². The first kappa shape index (κ1) is 10.7. The number of nitrogens with two attached hydrogens (primary N) is 2. The SMILES string of the molecule is C[NH+](C)CCOc1cc(N)ccc1N. The van der Waals surface area contributed by atoms with Crippen molar-refractivity contribution in [2.45, 2.75) is 0 Å². The third kappa shape index (κ3) is 3.14. The van der Waals surface area contributed by atoms with E-state index in [-0.39, 0.29) is 0 Å². The summed E-state index contributed by atoms with van der Waals surface area (Å²) >= 11 is 0. The third-order valence-corrected chi connectivity index (χ3v) is 1.90. The monoisotopic (exact) mass is 196 g/mol. The zero-order valence-electron chi connectivity index (χ0n) is 8.71. The van der Waals surface area contributed by atoms with Crippen LogP contribution in [0.5, 0.6) is 5.75 Å². The van der Waals surface area contributed by atoms with Crippen LogP contribution in [0, 0.1) is 0 Å². The number of likely N-dealkylation sites (N-methyl/N-ethyl adjacent to an activating group) is 1. The summed E-state index contributed by atoms with van der Waals surface area (Å²) in [5, 5.41) is 0. The number of anilines is 2. The van der Waals surface area contributed by atoms with Crippen LogP contribution >= 0.6 is 0 Å². The van der Waals surface area contributed by atoms with E-state index in [0.717, 1.165) is 6.54 Å². The Kier molecular flexibility index (Phi) is 3.59. The van der Waals surface area contributed by atoms with E-state index in [9.17, 15) is 0 Å². The highest BCUT2D eigenvalue weighted by Crippen LogP contribution is 2.23. The normalized spacial score (nSPS) is 10.5. The van der Waals surface area contributed by atoms with E-state index >= 15 is 0 Å². The van der Waals surface area contributed by atoms with Gasteiger partial charge in [-0.25, -0.2) is 0 Å². The molecule has 0 saturated heterocycles. The van der Waals surface area contributed by atoms with E-state index in [2.05, 4.69) is 14.1 Å². The maximum absolute atomic E-state index is 5.72. The van der Waals surface area contributed by atoms with Gasteiger partial charge < -0.3 is 21.1 Å². The number of benzene rings is 1. The van der Waals surface area contributed by atoms with Crippen LogP contribution in [-0.4, -0.2) is 27.2 Å². The zero-order chi connectivity index (χ0) is 10.6. The Morgan fingerprint density at radius 2 is 2.00 bits per heavy atom. The zero-order valence-corrected chi connectivity index (χ0v) is 8.71. The molecule has 14 heavy (non-hydrogen) atoms. The number of hydrogen-bond donors (Lipinski definition) is 3. The summed E-state index contributed by atoms with van der Waals surface area (Å²) in [7, 11) is 4.15. The van der Waals surface area contributed by atoms with E-state index in [1.54, 1.807) is 18.2 Å². The van der Waals surface area contributed by atoms with Crippen molar-refractivity contribution < 1.29 is 9.64 Å². The van der Waals surface area contributed by atoms with Crippen molar-refractivity contribution in [1.29, 1.82) is 0 Å². The average Bonchev–Trinajstić information content (AvgIpc) is 2.10. The molecule has 1 rings (SSSR count). The molecule has 78 valence electrons. The Bertz CT molecular complexity index is 299. The maximum Gasteiger partial charge on any atom is 0.144 e. The molecule has 0 spiro atoms. The molecule has 0 heterocycles. The molecule has 4 nitrogen and oxygen atoms in total. The minimum Gasteiger partial charge on any atom is -0.485 e. The predicted molar refractivity (Wildman–Crippen MR) is 58.4 cm³/mol. The highest BCUT2D eigenvalue weighted by molar-refractivity contribution is 5.59. The first-order valence-electron chi connectivity index (χ1n) is 4.66. The van der Waals surface area contributed by atoms with Gasteiger partial charge in [0.25, 0.3) is 0 Å². The first-order chi connectivity index (χ1) is 6.59. The molecule has 0 unspecified atom stereocenters. The summed E-state index contributed by atoms with van der Waals surface area (Å²) in [6.45, 7) is 1.59. The molecule has 0 aromatic heterocycles. The summed E-state index contributed by atoms with van der Waals surface area (Å²) in [5.41, 5.74) is 12.6. The molecule has 0 saturated carbocycles. The molecule has 1 aromatic carbocycles. The van der Waals surface area contributed by atoms with Gasteiger partial charge in [-0.15, -0.1) is 0 Å². The van der Waals surface area contributed by atoms with Crippen molar-refractivity contribution in [3.63, 3.8) is 0 Å². The van der Waals surface area contributed by atoms with Crippen LogP contribution in [0.25, 0.3) is 0 Å². The molecule has 0 aliphatic heterocycles. The minimum absolute atomic E-state index is 0.632. The molecule has 4 heteroatoms. The highest BCUT2D eigenvalue weighted by atomic mass is 16.5. The Morgan fingerprint density at radius 1 is 1.29 bits per heavy atom. The van der Waals surface area contributed by atoms with Crippen molar-refractivity contribution >= 4 is 11.4 Å².